The molecular formula is C26H28N4O3. The second-order valence-electron chi connectivity index (χ2n) is 9.03. The molecular weight excluding hydrogens is 416 g/mol. The Morgan fingerprint density at radius 1 is 0.939 bits per heavy atom. The van der Waals surface area contributed by atoms with Crippen molar-refractivity contribution in [1.82, 2.24) is 15.5 Å². The van der Waals surface area contributed by atoms with Crippen molar-refractivity contribution in [3.63, 3.8) is 0 Å². The number of nitriles is 1. The fraction of sp³-hybridized carbons (Fsp3) is 0.385. The molecule has 0 unspecified atom stereocenters. The standard InChI is InChI=1S/C26H28N4O3/c27-19-25(14-8-3-9-15-25)28-22(31)18-30-23(32)26(29-24(30)33,16-20-10-4-1-5-11-20)17-21-12-6-2-7-13-21/h1-2,4-7,10-13H,3,8-9,14-18H2,(H,28,31)(H,29,33). The highest BCUT2D eigenvalue weighted by Gasteiger charge is 2.51. The van der Waals surface area contributed by atoms with E-state index in [1.807, 2.05) is 60.7 Å². The molecule has 170 valence electrons. The van der Waals surface area contributed by atoms with E-state index in [2.05, 4.69) is 16.7 Å². The van der Waals surface area contributed by atoms with Gasteiger partial charge in [-0.3, -0.25) is 14.5 Å². The first kappa shape index (κ1) is 22.5. The van der Waals surface area contributed by atoms with Crippen molar-refractivity contribution in [2.45, 2.75) is 56.0 Å². The first-order valence-corrected chi connectivity index (χ1v) is 11.4. The number of amides is 4. The summed E-state index contributed by atoms with van der Waals surface area (Å²) in [5.41, 5.74) is -0.268. The number of urea groups is 1. The number of benzene rings is 2. The van der Waals surface area contributed by atoms with Gasteiger partial charge in [-0.2, -0.15) is 5.26 Å². The number of nitrogens with one attached hydrogen (secondary N) is 2. The van der Waals surface area contributed by atoms with E-state index in [4.69, 9.17) is 0 Å². The lowest BCUT2D eigenvalue weighted by Crippen LogP contribution is -2.53. The molecule has 4 rings (SSSR count). The first-order valence-electron chi connectivity index (χ1n) is 11.4. The summed E-state index contributed by atoms with van der Waals surface area (Å²) >= 11 is 0. The number of rotatable bonds is 7. The molecule has 1 heterocycles. The first-order chi connectivity index (χ1) is 16.0. The van der Waals surface area contributed by atoms with Crippen LogP contribution in [0.25, 0.3) is 0 Å². The Hall–Kier alpha value is -3.66. The highest BCUT2D eigenvalue weighted by molar-refractivity contribution is 6.09. The van der Waals surface area contributed by atoms with Crippen molar-refractivity contribution >= 4 is 17.8 Å². The van der Waals surface area contributed by atoms with Crippen LogP contribution in [0.4, 0.5) is 4.79 Å². The van der Waals surface area contributed by atoms with E-state index in [1.54, 1.807) is 0 Å². The zero-order valence-corrected chi connectivity index (χ0v) is 18.5. The molecule has 1 saturated carbocycles. The van der Waals surface area contributed by atoms with Gasteiger partial charge in [-0.05, 0) is 24.0 Å². The number of imide groups is 1. The lowest BCUT2D eigenvalue weighted by Gasteiger charge is -2.32. The molecule has 2 aromatic carbocycles. The monoisotopic (exact) mass is 444 g/mol. The Morgan fingerprint density at radius 3 is 2.00 bits per heavy atom. The van der Waals surface area contributed by atoms with Crippen molar-refractivity contribution in [2.75, 3.05) is 6.54 Å². The van der Waals surface area contributed by atoms with Crippen LogP contribution >= 0.6 is 0 Å². The largest absolute Gasteiger partial charge is 0.336 e. The van der Waals surface area contributed by atoms with Crippen molar-refractivity contribution in [3.05, 3.63) is 71.8 Å². The molecule has 0 atom stereocenters. The van der Waals surface area contributed by atoms with E-state index in [9.17, 15) is 19.6 Å². The number of hydrogen-bond donors (Lipinski definition) is 2. The van der Waals surface area contributed by atoms with E-state index in [0.29, 0.717) is 25.7 Å². The molecule has 1 saturated heterocycles. The molecule has 2 N–H and O–H groups in total. The lowest BCUT2D eigenvalue weighted by atomic mass is 9.83. The maximum atomic E-state index is 13.6. The van der Waals surface area contributed by atoms with E-state index in [-0.39, 0.29) is 0 Å². The molecule has 7 heteroatoms. The summed E-state index contributed by atoms with van der Waals surface area (Å²) in [7, 11) is 0. The van der Waals surface area contributed by atoms with E-state index in [1.165, 1.54) is 0 Å². The van der Waals surface area contributed by atoms with Gasteiger partial charge in [-0.25, -0.2) is 4.79 Å². The van der Waals surface area contributed by atoms with Crippen LogP contribution < -0.4 is 10.6 Å². The van der Waals surface area contributed by atoms with Gasteiger partial charge in [0.05, 0.1) is 6.07 Å². The molecule has 0 aromatic heterocycles. The molecule has 0 spiro atoms. The van der Waals surface area contributed by atoms with Crippen LogP contribution in [0.3, 0.4) is 0 Å². The third-order valence-corrected chi connectivity index (χ3v) is 6.54. The van der Waals surface area contributed by atoms with Crippen molar-refractivity contribution in [3.8, 4) is 6.07 Å². The van der Waals surface area contributed by atoms with Crippen molar-refractivity contribution in [1.29, 1.82) is 5.26 Å². The van der Waals surface area contributed by atoms with Gasteiger partial charge >= 0.3 is 6.03 Å². The van der Waals surface area contributed by atoms with Gasteiger partial charge in [0.25, 0.3) is 5.91 Å². The van der Waals surface area contributed by atoms with Gasteiger partial charge in [-0.15, -0.1) is 0 Å². The second kappa shape index (κ2) is 9.45. The van der Waals surface area contributed by atoms with Gasteiger partial charge in [0.1, 0.15) is 17.6 Å². The summed E-state index contributed by atoms with van der Waals surface area (Å²) in [6.45, 7) is -0.403. The smallest absolute Gasteiger partial charge is 0.325 e. The predicted octanol–water partition coefficient (Wildman–Crippen LogP) is 3.11. The van der Waals surface area contributed by atoms with Crippen LogP contribution in [0.5, 0.6) is 0 Å². The summed E-state index contributed by atoms with van der Waals surface area (Å²) in [6, 6.07) is 20.7. The third kappa shape index (κ3) is 4.90. The normalized spacial score (nSPS) is 18.9. The predicted molar refractivity (Wildman–Crippen MR) is 123 cm³/mol. The topological polar surface area (TPSA) is 102 Å². The number of hydrogen-bond acceptors (Lipinski definition) is 4. The fourth-order valence-corrected chi connectivity index (χ4v) is 4.88. The maximum Gasteiger partial charge on any atom is 0.325 e. The van der Waals surface area contributed by atoms with E-state index in [0.717, 1.165) is 35.3 Å². The summed E-state index contributed by atoms with van der Waals surface area (Å²) in [5.74, 6) is -0.915. The van der Waals surface area contributed by atoms with Gasteiger partial charge in [-0.1, -0.05) is 79.9 Å². The summed E-state index contributed by atoms with van der Waals surface area (Å²) in [6.07, 6.45) is 4.57. The minimum absolute atomic E-state index is 0.313. The Labute approximate surface area is 193 Å². The van der Waals surface area contributed by atoms with Gasteiger partial charge in [0, 0.05) is 12.8 Å². The fourth-order valence-electron chi connectivity index (χ4n) is 4.88. The van der Waals surface area contributed by atoms with Crippen LogP contribution in [-0.2, 0) is 22.4 Å². The number of carbonyl (C=O) groups is 3. The molecule has 1 aliphatic heterocycles. The SMILES string of the molecule is N#CC1(NC(=O)CN2C(=O)NC(Cc3ccccc3)(Cc3ccccc3)C2=O)CCCCC1. The minimum atomic E-state index is -1.18. The summed E-state index contributed by atoms with van der Waals surface area (Å²) in [4.78, 5) is 40.3. The average Bonchev–Trinajstić information content (AvgIpc) is 3.04. The molecule has 7 nitrogen and oxygen atoms in total. The molecule has 0 radical (unpaired) electrons. The minimum Gasteiger partial charge on any atom is -0.336 e. The Bertz CT molecular complexity index is 1010. The zero-order valence-electron chi connectivity index (χ0n) is 18.5. The summed E-state index contributed by atoms with van der Waals surface area (Å²) < 4.78 is 0. The average molecular weight is 445 g/mol. The quantitative estimate of drug-likeness (QED) is 0.641. The molecule has 33 heavy (non-hydrogen) atoms. The van der Waals surface area contributed by atoms with E-state index >= 15 is 0 Å². The Kier molecular flexibility index (Phi) is 6.45. The second-order valence-corrected chi connectivity index (χ2v) is 9.03. The molecule has 4 amide bonds. The molecule has 2 fully saturated rings. The molecule has 0 bridgehead atoms. The van der Waals surface area contributed by atoms with Crippen molar-refractivity contribution < 1.29 is 14.4 Å². The van der Waals surface area contributed by atoms with Gasteiger partial charge < -0.3 is 10.6 Å². The van der Waals surface area contributed by atoms with E-state index < -0.39 is 35.5 Å². The molecule has 1 aliphatic carbocycles. The van der Waals surface area contributed by atoms with Crippen LogP contribution in [0.1, 0.15) is 43.2 Å². The third-order valence-electron chi connectivity index (χ3n) is 6.54. The highest BCUT2D eigenvalue weighted by atomic mass is 16.2. The Morgan fingerprint density at radius 2 is 1.48 bits per heavy atom. The van der Waals surface area contributed by atoms with Gasteiger partial charge in [0.2, 0.25) is 5.91 Å². The lowest BCUT2D eigenvalue weighted by molar-refractivity contribution is -0.135. The number of carbonyl (C=O) groups excluding carboxylic acids is 3. The maximum absolute atomic E-state index is 13.6. The zero-order chi connectivity index (χ0) is 23.3. The summed E-state index contributed by atoms with van der Waals surface area (Å²) in [5, 5.41) is 15.3. The van der Waals surface area contributed by atoms with Crippen LogP contribution in [0.15, 0.2) is 60.7 Å². The highest BCUT2D eigenvalue weighted by Crippen LogP contribution is 2.29. The van der Waals surface area contributed by atoms with Crippen LogP contribution in [-0.4, -0.2) is 40.4 Å². The van der Waals surface area contributed by atoms with Crippen molar-refractivity contribution in [2.24, 2.45) is 0 Å². The van der Waals surface area contributed by atoms with Crippen LogP contribution in [0, 0.1) is 11.3 Å². The number of nitrogens with zero attached hydrogens (tertiary/aromatic N) is 2. The molecule has 2 aromatic rings. The Balaban J connectivity index is 1.55. The molecule has 2 aliphatic rings. The van der Waals surface area contributed by atoms with Gasteiger partial charge in [0.15, 0.2) is 0 Å². The van der Waals surface area contributed by atoms with Crippen LogP contribution in [0.2, 0.25) is 0 Å².